The van der Waals surface area contributed by atoms with Gasteiger partial charge in [0.1, 0.15) is 6.04 Å². The van der Waals surface area contributed by atoms with E-state index in [0.717, 1.165) is 17.4 Å². The van der Waals surface area contributed by atoms with Crippen molar-refractivity contribution in [2.45, 2.75) is 40.7 Å². The van der Waals surface area contributed by atoms with E-state index in [1.807, 2.05) is 39.8 Å². The lowest BCUT2D eigenvalue weighted by Crippen LogP contribution is -2.48. The summed E-state index contributed by atoms with van der Waals surface area (Å²) in [4.78, 5) is 12.3. The molecule has 0 heterocycles. The number of hydrogen-bond acceptors (Lipinski definition) is 3. The van der Waals surface area contributed by atoms with Gasteiger partial charge in [0.05, 0.1) is 11.9 Å². The molecule has 0 aliphatic heterocycles. The Morgan fingerprint density at radius 2 is 1.82 bits per heavy atom. The smallest absolute Gasteiger partial charge is 0.243 e. The Bertz CT molecular complexity index is 639. The van der Waals surface area contributed by atoms with Crippen molar-refractivity contribution in [3.63, 3.8) is 0 Å². The molecule has 6 heteroatoms. The zero-order chi connectivity index (χ0) is 17.1. The highest BCUT2D eigenvalue weighted by Gasteiger charge is 2.30. The number of anilines is 1. The fourth-order valence-electron chi connectivity index (χ4n) is 2.19. The lowest BCUT2D eigenvalue weighted by atomic mass is 10.1. The van der Waals surface area contributed by atoms with Crippen molar-refractivity contribution in [3.8, 4) is 0 Å². The van der Waals surface area contributed by atoms with Crippen LogP contribution in [-0.4, -0.2) is 33.2 Å². The number of carbonyl (C=O) groups excluding carboxylic acids is 1. The van der Waals surface area contributed by atoms with Crippen molar-refractivity contribution in [1.29, 1.82) is 0 Å². The van der Waals surface area contributed by atoms with E-state index in [1.165, 1.54) is 4.31 Å². The first kappa shape index (κ1) is 18.5. The van der Waals surface area contributed by atoms with Crippen molar-refractivity contribution < 1.29 is 13.2 Å². The Labute approximate surface area is 133 Å². The number of benzene rings is 1. The van der Waals surface area contributed by atoms with Crippen molar-refractivity contribution in [2.24, 2.45) is 5.92 Å². The molecule has 0 bridgehead atoms. The summed E-state index contributed by atoms with van der Waals surface area (Å²) in [5, 5.41) is 2.79. The second kappa shape index (κ2) is 7.13. The second-order valence-electron chi connectivity index (χ2n) is 6.16. The third kappa shape index (κ3) is 4.73. The Kier molecular flexibility index (Phi) is 6.00. The molecule has 0 spiro atoms. The number of carbonyl (C=O) groups is 1. The van der Waals surface area contributed by atoms with E-state index >= 15 is 0 Å². The average Bonchev–Trinajstić information content (AvgIpc) is 2.38. The molecule has 1 rings (SSSR count). The van der Waals surface area contributed by atoms with Crippen LogP contribution in [-0.2, 0) is 14.8 Å². The summed E-state index contributed by atoms with van der Waals surface area (Å²) in [6, 6.07) is 4.78. The van der Waals surface area contributed by atoms with Crippen LogP contribution in [0.4, 0.5) is 5.69 Å². The van der Waals surface area contributed by atoms with Crippen LogP contribution in [0.5, 0.6) is 0 Å². The predicted molar refractivity (Wildman–Crippen MR) is 90.5 cm³/mol. The molecular formula is C16H26N2O3S. The van der Waals surface area contributed by atoms with Gasteiger partial charge in [-0.3, -0.25) is 9.10 Å². The molecule has 1 atom stereocenters. The molecule has 22 heavy (non-hydrogen) atoms. The summed E-state index contributed by atoms with van der Waals surface area (Å²) in [6.45, 7) is 9.85. The monoisotopic (exact) mass is 326 g/mol. The van der Waals surface area contributed by atoms with Crippen molar-refractivity contribution in [1.82, 2.24) is 5.32 Å². The van der Waals surface area contributed by atoms with Crippen molar-refractivity contribution in [2.75, 3.05) is 17.1 Å². The summed E-state index contributed by atoms with van der Waals surface area (Å²) in [6.07, 6.45) is 1.13. The van der Waals surface area contributed by atoms with Crippen LogP contribution in [0.3, 0.4) is 0 Å². The first-order chi connectivity index (χ1) is 10.0. The summed E-state index contributed by atoms with van der Waals surface area (Å²) in [7, 11) is -3.57. The van der Waals surface area contributed by atoms with Crippen LogP contribution in [0.2, 0.25) is 0 Å². The molecule has 1 amide bonds. The van der Waals surface area contributed by atoms with Gasteiger partial charge in [-0.15, -0.1) is 0 Å². The zero-order valence-electron chi connectivity index (χ0n) is 14.2. The number of nitrogens with one attached hydrogen (secondary N) is 1. The first-order valence-corrected chi connectivity index (χ1v) is 9.23. The van der Waals surface area contributed by atoms with Crippen LogP contribution in [0.1, 0.15) is 31.9 Å². The molecule has 0 fully saturated rings. The summed E-state index contributed by atoms with van der Waals surface area (Å²) < 4.78 is 25.7. The molecule has 0 aliphatic carbocycles. The Hall–Kier alpha value is -1.56. The van der Waals surface area contributed by atoms with Gasteiger partial charge in [0, 0.05) is 6.54 Å². The highest BCUT2D eigenvalue weighted by molar-refractivity contribution is 7.92. The molecule has 0 saturated heterocycles. The molecule has 124 valence electrons. The third-order valence-electron chi connectivity index (χ3n) is 3.38. The molecular weight excluding hydrogens is 300 g/mol. The predicted octanol–water partition coefficient (Wildman–Crippen LogP) is 2.23. The van der Waals surface area contributed by atoms with Gasteiger partial charge in [-0.2, -0.15) is 0 Å². The summed E-state index contributed by atoms with van der Waals surface area (Å²) >= 11 is 0. The quantitative estimate of drug-likeness (QED) is 0.872. The van der Waals surface area contributed by atoms with Crippen molar-refractivity contribution in [3.05, 3.63) is 29.3 Å². The summed E-state index contributed by atoms with van der Waals surface area (Å²) in [5.41, 5.74) is 2.32. The van der Waals surface area contributed by atoms with E-state index in [-0.39, 0.29) is 5.91 Å². The SMILES string of the molecule is Cc1ccc(C)c(N([C@H](C)C(=O)NCC(C)C)S(C)(=O)=O)c1. The lowest BCUT2D eigenvalue weighted by molar-refractivity contribution is -0.121. The van der Waals surface area contributed by atoms with Crippen molar-refractivity contribution >= 4 is 21.6 Å². The third-order valence-corrected chi connectivity index (χ3v) is 4.60. The number of nitrogens with zero attached hydrogens (tertiary/aromatic N) is 1. The van der Waals surface area contributed by atoms with Crippen LogP contribution in [0.25, 0.3) is 0 Å². The molecule has 1 aromatic rings. The van der Waals surface area contributed by atoms with E-state index in [0.29, 0.717) is 18.2 Å². The van der Waals surface area contributed by atoms with Gasteiger partial charge < -0.3 is 5.32 Å². The molecule has 0 radical (unpaired) electrons. The lowest BCUT2D eigenvalue weighted by Gasteiger charge is -2.30. The molecule has 0 saturated carbocycles. The van der Waals surface area contributed by atoms with E-state index < -0.39 is 16.1 Å². The number of sulfonamides is 1. The highest BCUT2D eigenvalue weighted by Crippen LogP contribution is 2.26. The van der Waals surface area contributed by atoms with E-state index in [1.54, 1.807) is 13.0 Å². The Balaban J connectivity index is 3.19. The summed E-state index contributed by atoms with van der Waals surface area (Å²) in [5.74, 6) is 0.0172. The maximum Gasteiger partial charge on any atom is 0.243 e. The Morgan fingerprint density at radius 1 is 1.23 bits per heavy atom. The van der Waals surface area contributed by atoms with Crippen LogP contribution < -0.4 is 9.62 Å². The largest absolute Gasteiger partial charge is 0.354 e. The second-order valence-corrected chi connectivity index (χ2v) is 8.02. The number of rotatable bonds is 6. The normalized spacial score (nSPS) is 13.0. The first-order valence-electron chi connectivity index (χ1n) is 7.38. The molecule has 0 unspecified atom stereocenters. The molecule has 1 aromatic carbocycles. The zero-order valence-corrected chi connectivity index (χ0v) is 15.0. The Morgan fingerprint density at radius 3 is 2.32 bits per heavy atom. The molecule has 0 aliphatic rings. The topological polar surface area (TPSA) is 66.5 Å². The molecule has 0 aromatic heterocycles. The standard InChI is InChI=1S/C16H26N2O3S/c1-11(2)10-17-16(19)14(5)18(22(6,20)21)15-9-12(3)7-8-13(15)4/h7-9,11,14H,10H2,1-6H3,(H,17,19)/t14-/m1/s1. The van der Waals surface area contributed by atoms with E-state index in [4.69, 9.17) is 0 Å². The fraction of sp³-hybridized carbons (Fsp3) is 0.562. The van der Waals surface area contributed by atoms with Gasteiger partial charge in [-0.05, 0) is 43.9 Å². The number of hydrogen-bond donors (Lipinski definition) is 1. The highest BCUT2D eigenvalue weighted by atomic mass is 32.2. The molecule has 1 N–H and O–H groups in total. The number of aryl methyl sites for hydroxylation is 2. The van der Waals surface area contributed by atoms with Gasteiger partial charge in [0.2, 0.25) is 15.9 Å². The van der Waals surface area contributed by atoms with Gasteiger partial charge in [0.25, 0.3) is 0 Å². The minimum absolute atomic E-state index is 0.292. The van der Waals surface area contributed by atoms with Crippen LogP contribution in [0, 0.1) is 19.8 Å². The minimum Gasteiger partial charge on any atom is -0.354 e. The number of amides is 1. The van der Waals surface area contributed by atoms with Gasteiger partial charge in [-0.1, -0.05) is 26.0 Å². The van der Waals surface area contributed by atoms with Crippen LogP contribution in [0.15, 0.2) is 18.2 Å². The maximum absolute atomic E-state index is 12.3. The van der Waals surface area contributed by atoms with E-state index in [2.05, 4.69) is 5.32 Å². The van der Waals surface area contributed by atoms with Crippen LogP contribution >= 0.6 is 0 Å². The molecule has 5 nitrogen and oxygen atoms in total. The van der Waals surface area contributed by atoms with Gasteiger partial charge >= 0.3 is 0 Å². The average molecular weight is 326 g/mol. The maximum atomic E-state index is 12.3. The minimum atomic E-state index is -3.57. The van der Waals surface area contributed by atoms with Gasteiger partial charge in [-0.25, -0.2) is 8.42 Å². The van der Waals surface area contributed by atoms with E-state index in [9.17, 15) is 13.2 Å². The fourth-order valence-corrected chi connectivity index (χ4v) is 3.41. The van der Waals surface area contributed by atoms with Gasteiger partial charge in [0.15, 0.2) is 0 Å².